The van der Waals surface area contributed by atoms with Crippen LogP contribution in [0.15, 0.2) is 24.3 Å². The maximum absolute atomic E-state index is 13.5. The lowest BCUT2D eigenvalue weighted by molar-refractivity contribution is 0.329. The van der Waals surface area contributed by atoms with E-state index in [4.69, 9.17) is 0 Å². The number of halogens is 3. The van der Waals surface area contributed by atoms with Crippen molar-refractivity contribution >= 4 is 12.4 Å². The van der Waals surface area contributed by atoms with E-state index in [0.717, 1.165) is 0 Å². The van der Waals surface area contributed by atoms with Crippen molar-refractivity contribution in [1.82, 2.24) is 5.32 Å². The van der Waals surface area contributed by atoms with Crippen LogP contribution < -0.4 is 5.32 Å². The van der Waals surface area contributed by atoms with Gasteiger partial charge in [-0.15, -0.1) is 12.4 Å². The summed E-state index contributed by atoms with van der Waals surface area (Å²) in [5.74, 6) is -0.267. The molecule has 2 rings (SSSR count). The van der Waals surface area contributed by atoms with Gasteiger partial charge in [0.25, 0.3) is 0 Å². The summed E-state index contributed by atoms with van der Waals surface area (Å²) in [5, 5.41) is 3.02. The predicted molar refractivity (Wildman–Crippen MR) is 58.5 cm³/mol. The molecule has 1 nitrogen and oxygen atoms in total. The van der Waals surface area contributed by atoms with Crippen LogP contribution in [-0.2, 0) is 5.54 Å². The van der Waals surface area contributed by atoms with E-state index < -0.39 is 11.7 Å². The second-order valence-electron chi connectivity index (χ2n) is 3.99. The minimum Gasteiger partial charge on any atom is -0.305 e. The van der Waals surface area contributed by atoms with E-state index in [9.17, 15) is 8.78 Å². The minimum atomic E-state index is -0.875. The quantitative estimate of drug-likeness (QED) is 0.787. The van der Waals surface area contributed by atoms with Gasteiger partial charge in [-0.25, -0.2) is 8.78 Å². The van der Waals surface area contributed by atoms with Crippen molar-refractivity contribution in [3.63, 3.8) is 0 Å². The highest BCUT2D eigenvalue weighted by molar-refractivity contribution is 5.85. The van der Waals surface area contributed by atoms with Gasteiger partial charge in [-0.05, 0) is 13.0 Å². The van der Waals surface area contributed by atoms with Gasteiger partial charge in [-0.3, -0.25) is 0 Å². The number of rotatable bonds is 1. The van der Waals surface area contributed by atoms with Gasteiger partial charge in [0.15, 0.2) is 0 Å². The molecule has 4 heteroatoms. The van der Waals surface area contributed by atoms with Crippen LogP contribution in [0.1, 0.15) is 18.9 Å². The van der Waals surface area contributed by atoms with Crippen molar-refractivity contribution in [2.45, 2.75) is 25.1 Å². The molecule has 2 atom stereocenters. The summed E-state index contributed by atoms with van der Waals surface area (Å²) in [5.41, 5.74) is 0.00486. The zero-order valence-electron chi connectivity index (χ0n) is 8.47. The molecule has 0 saturated carbocycles. The first kappa shape index (κ1) is 12.4. The fraction of sp³-hybridized carbons (Fsp3) is 0.455. The van der Waals surface area contributed by atoms with Crippen LogP contribution in [0.5, 0.6) is 0 Å². The maximum Gasteiger partial charge on any atom is 0.128 e. The fourth-order valence-electron chi connectivity index (χ4n) is 2.04. The molecule has 0 aromatic heterocycles. The summed E-state index contributed by atoms with van der Waals surface area (Å²) >= 11 is 0. The highest BCUT2D eigenvalue weighted by Crippen LogP contribution is 2.32. The van der Waals surface area contributed by atoms with Gasteiger partial charge in [-0.1, -0.05) is 18.2 Å². The normalized spacial score (nSPS) is 29.9. The van der Waals surface area contributed by atoms with Crippen molar-refractivity contribution in [3.05, 3.63) is 35.6 Å². The van der Waals surface area contributed by atoms with Crippen molar-refractivity contribution < 1.29 is 8.78 Å². The van der Waals surface area contributed by atoms with Crippen LogP contribution in [0.25, 0.3) is 0 Å². The van der Waals surface area contributed by atoms with Gasteiger partial charge in [0.05, 0.1) is 0 Å². The Morgan fingerprint density at radius 3 is 2.60 bits per heavy atom. The molecule has 0 bridgehead atoms. The second-order valence-corrected chi connectivity index (χ2v) is 3.99. The van der Waals surface area contributed by atoms with E-state index in [1.807, 2.05) is 6.92 Å². The lowest BCUT2D eigenvalue weighted by atomic mass is 9.90. The summed E-state index contributed by atoms with van der Waals surface area (Å²) in [7, 11) is 0. The van der Waals surface area contributed by atoms with Gasteiger partial charge >= 0.3 is 0 Å². The molecule has 1 aromatic rings. The Kier molecular flexibility index (Phi) is 3.68. The van der Waals surface area contributed by atoms with E-state index in [-0.39, 0.29) is 18.2 Å². The molecule has 0 spiro atoms. The Morgan fingerprint density at radius 1 is 1.40 bits per heavy atom. The first-order valence-corrected chi connectivity index (χ1v) is 4.76. The maximum atomic E-state index is 13.5. The zero-order valence-corrected chi connectivity index (χ0v) is 9.28. The fourth-order valence-corrected chi connectivity index (χ4v) is 2.04. The summed E-state index contributed by atoms with van der Waals surface area (Å²) in [6.07, 6.45) is -0.534. The van der Waals surface area contributed by atoms with E-state index in [1.165, 1.54) is 6.07 Å². The van der Waals surface area contributed by atoms with Crippen molar-refractivity contribution in [2.24, 2.45) is 0 Å². The molecular weight excluding hydrogens is 220 g/mol. The Bertz CT molecular complexity index is 345. The summed E-state index contributed by atoms with van der Waals surface area (Å²) in [4.78, 5) is 0. The molecule has 1 aliphatic rings. The van der Waals surface area contributed by atoms with Crippen LogP contribution in [-0.4, -0.2) is 12.7 Å². The first-order valence-electron chi connectivity index (χ1n) is 4.76. The van der Waals surface area contributed by atoms with Crippen molar-refractivity contribution in [2.75, 3.05) is 6.54 Å². The van der Waals surface area contributed by atoms with Gasteiger partial charge in [0, 0.05) is 24.1 Å². The lowest BCUT2D eigenvalue weighted by Gasteiger charge is -2.25. The van der Waals surface area contributed by atoms with E-state index >= 15 is 0 Å². The second kappa shape index (κ2) is 4.45. The SMILES string of the molecule is CC1(c2ccccc2F)CC(F)CN1.Cl. The smallest absolute Gasteiger partial charge is 0.128 e. The van der Waals surface area contributed by atoms with Crippen LogP contribution >= 0.6 is 12.4 Å². The zero-order chi connectivity index (χ0) is 10.2. The first-order chi connectivity index (χ1) is 6.62. The average molecular weight is 234 g/mol. The third kappa shape index (κ3) is 2.29. The third-order valence-corrected chi connectivity index (χ3v) is 2.81. The third-order valence-electron chi connectivity index (χ3n) is 2.81. The summed E-state index contributed by atoms with van der Waals surface area (Å²) in [6.45, 7) is 2.15. The number of hydrogen-bond donors (Lipinski definition) is 1. The standard InChI is InChI=1S/C11H13F2N.ClH/c1-11(6-8(12)7-14-11)9-4-2-3-5-10(9)13;/h2-5,8,14H,6-7H2,1H3;1H. The number of nitrogens with one attached hydrogen (secondary N) is 1. The van der Waals surface area contributed by atoms with Gasteiger partial charge in [-0.2, -0.15) is 0 Å². The summed E-state index contributed by atoms with van der Waals surface area (Å²) in [6, 6.07) is 6.54. The molecule has 0 radical (unpaired) electrons. The number of alkyl halides is 1. The molecule has 1 aliphatic heterocycles. The molecule has 1 saturated heterocycles. The Morgan fingerprint density at radius 2 is 2.07 bits per heavy atom. The number of hydrogen-bond acceptors (Lipinski definition) is 1. The molecule has 1 fully saturated rings. The lowest BCUT2D eigenvalue weighted by Crippen LogP contribution is -2.34. The highest BCUT2D eigenvalue weighted by atomic mass is 35.5. The molecule has 84 valence electrons. The molecule has 0 aliphatic carbocycles. The van der Waals surface area contributed by atoms with Crippen molar-refractivity contribution in [1.29, 1.82) is 0 Å². The van der Waals surface area contributed by atoms with Crippen LogP contribution in [0.3, 0.4) is 0 Å². The van der Waals surface area contributed by atoms with E-state index in [1.54, 1.807) is 18.2 Å². The van der Waals surface area contributed by atoms with Crippen LogP contribution in [0.4, 0.5) is 8.78 Å². The van der Waals surface area contributed by atoms with Gasteiger partial charge in [0.1, 0.15) is 12.0 Å². The topological polar surface area (TPSA) is 12.0 Å². The van der Waals surface area contributed by atoms with Crippen LogP contribution in [0.2, 0.25) is 0 Å². The Hall–Kier alpha value is -0.670. The predicted octanol–water partition coefficient (Wildman–Crippen LogP) is 2.79. The molecule has 1 N–H and O–H groups in total. The molecule has 15 heavy (non-hydrogen) atoms. The average Bonchev–Trinajstić information content (AvgIpc) is 2.48. The molecule has 1 heterocycles. The van der Waals surface area contributed by atoms with E-state index in [2.05, 4.69) is 5.32 Å². The summed E-state index contributed by atoms with van der Waals surface area (Å²) < 4.78 is 26.5. The van der Waals surface area contributed by atoms with Crippen molar-refractivity contribution in [3.8, 4) is 0 Å². The van der Waals surface area contributed by atoms with Crippen LogP contribution in [0, 0.1) is 5.82 Å². The van der Waals surface area contributed by atoms with E-state index in [0.29, 0.717) is 18.5 Å². The molecule has 2 unspecified atom stereocenters. The Labute approximate surface area is 94.3 Å². The largest absolute Gasteiger partial charge is 0.305 e. The molecule has 0 amide bonds. The molecular formula is C11H14ClF2N. The minimum absolute atomic E-state index is 0. The monoisotopic (exact) mass is 233 g/mol. The highest BCUT2D eigenvalue weighted by Gasteiger charge is 2.37. The number of benzene rings is 1. The van der Waals surface area contributed by atoms with Gasteiger partial charge in [0.2, 0.25) is 0 Å². The molecule has 1 aromatic carbocycles. The Balaban J connectivity index is 0.00000112. The van der Waals surface area contributed by atoms with Gasteiger partial charge < -0.3 is 5.32 Å².